The van der Waals surface area contributed by atoms with Crippen molar-refractivity contribution < 1.29 is 10.0 Å². The molecule has 5 heteroatoms. The van der Waals surface area contributed by atoms with Gasteiger partial charge in [-0.3, -0.25) is 10.1 Å². The first-order valence-corrected chi connectivity index (χ1v) is 5.19. The average Bonchev–Trinajstić information content (AvgIpc) is 2.28. The minimum absolute atomic E-state index is 0.0118. The van der Waals surface area contributed by atoms with E-state index in [2.05, 4.69) is 6.92 Å². The maximum absolute atomic E-state index is 10.6. The number of nitro groups is 1. The van der Waals surface area contributed by atoms with Crippen molar-refractivity contribution in [1.29, 1.82) is 0 Å². The zero-order chi connectivity index (χ0) is 12.1. The average molecular weight is 224 g/mol. The number of hydrogen-bond donors (Lipinski definition) is 1. The van der Waals surface area contributed by atoms with Gasteiger partial charge in [-0.05, 0) is 12.5 Å². The molecule has 0 aromatic heterocycles. The van der Waals surface area contributed by atoms with Gasteiger partial charge in [0.25, 0.3) is 5.69 Å². The number of aliphatic hydroxyl groups excluding tert-OH is 1. The highest BCUT2D eigenvalue weighted by atomic mass is 16.6. The molecule has 88 valence electrons. The maximum atomic E-state index is 10.6. The molecule has 0 unspecified atom stereocenters. The Balaban J connectivity index is 3.06. The van der Waals surface area contributed by atoms with Gasteiger partial charge in [-0.2, -0.15) is 0 Å². The van der Waals surface area contributed by atoms with Crippen LogP contribution in [0.15, 0.2) is 18.2 Å². The Hall–Kier alpha value is -1.62. The van der Waals surface area contributed by atoms with Crippen molar-refractivity contribution in [2.45, 2.75) is 20.0 Å². The number of hydrogen-bond acceptors (Lipinski definition) is 4. The Morgan fingerprint density at radius 3 is 2.69 bits per heavy atom. The fourth-order valence-corrected chi connectivity index (χ4v) is 1.64. The molecule has 0 bridgehead atoms. The van der Waals surface area contributed by atoms with E-state index in [0.717, 1.165) is 18.7 Å². The molecule has 0 aliphatic rings. The quantitative estimate of drug-likeness (QED) is 0.613. The summed E-state index contributed by atoms with van der Waals surface area (Å²) in [6.07, 6.45) is 0.984. The Labute approximate surface area is 94.5 Å². The molecule has 1 aromatic carbocycles. The van der Waals surface area contributed by atoms with E-state index in [9.17, 15) is 15.2 Å². The van der Waals surface area contributed by atoms with Crippen LogP contribution in [0.2, 0.25) is 0 Å². The van der Waals surface area contributed by atoms with Crippen LogP contribution >= 0.6 is 0 Å². The van der Waals surface area contributed by atoms with Crippen LogP contribution in [-0.4, -0.2) is 23.6 Å². The van der Waals surface area contributed by atoms with Gasteiger partial charge in [0.15, 0.2) is 0 Å². The molecule has 5 nitrogen and oxygen atoms in total. The zero-order valence-corrected chi connectivity index (χ0v) is 9.51. The van der Waals surface area contributed by atoms with E-state index in [1.165, 1.54) is 12.1 Å². The second-order valence-corrected chi connectivity index (χ2v) is 3.65. The summed E-state index contributed by atoms with van der Waals surface area (Å²) < 4.78 is 0. The fourth-order valence-electron chi connectivity index (χ4n) is 1.64. The van der Waals surface area contributed by atoms with E-state index >= 15 is 0 Å². The lowest BCUT2D eigenvalue weighted by atomic mass is 10.1. The van der Waals surface area contributed by atoms with E-state index in [1.54, 1.807) is 6.07 Å². The minimum atomic E-state index is -0.456. The SMILES string of the molecule is CCCN(C)c1ccc([N+](=O)[O-])cc1CO. The van der Waals surface area contributed by atoms with Gasteiger partial charge in [0.05, 0.1) is 11.5 Å². The van der Waals surface area contributed by atoms with E-state index in [1.807, 2.05) is 11.9 Å². The van der Waals surface area contributed by atoms with Gasteiger partial charge < -0.3 is 10.0 Å². The molecule has 0 saturated heterocycles. The number of benzene rings is 1. The van der Waals surface area contributed by atoms with Gasteiger partial charge in [-0.15, -0.1) is 0 Å². The van der Waals surface area contributed by atoms with Crippen molar-refractivity contribution in [1.82, 2.24) is 0 Å². The normalized spacial score (nSPS) is 10.2. The molecule has 0 atom stereocenters. The van der Waals surface area contributed by atoms with E-state index in [4.69, 9.17) is 0 Å². The number of aliphatic hydroxyl groups is 1. The molecule has 16 heavy (non-hydrogen) atoms. The van der Waals surface area contributed by atoms with Crippen molar-refractivity contribution >= 4 is 11.4 Å². The Kier molecular flexibility index (Phi) is 4.25. The van der Waals surface area contributed by atoms with Crippen molar-refractivity contribution in [2.75, 3.05) is 18.5 Å². The smallest absolute Gasteiger partial charge is 0.269 e. The first kappa shape index (κ1) is 12.4. The molecule has 1 rings (SSSR count). The molecule has 1 N–H and O–H groups in total. The number of anilines is 1. The summed E-state index contributed by atoms with van der Waals surface area (Å²) in [5.41, 5.74) is 1.44. The van der Waals surface area contributed by atoms with E-state index in [0.29, 0.717) is 5.56 Å². The van der Waals surface area contributed by atoms with Gasteiger partial charge in [0.1, 0.15) is 0 Å². The molecule has 1 aromatic rings. The highest BCUT2D eigenvalue weighted by Gasteiger charge is 2.12. The van der Waals surface area contributed by atoms with Crippen LogP contribution in [0.4, 0.5) is 11.4 Å². The van der Waals surface area contributed by atoms with Crippen LogP contribution in [0.25, 0.3) is 0 Å². The Morgan fingerprint density at radius 1 is 1.50 bits per heavy atom. The van der Waals surface area contributed by atoms with Crippen molar-refractivity contribution in [2.24, 2.45) is 0 Å². The lowest BCUT2D eigenvalue weighted by molar-refractivity contribution is -0.384. The highest BCUT2D eigenvalue weighted by molar-refractivity contribution is 5.57. The highest BCUT2D eigenvalue weighted by Crippen LogP contribution is 2.24. The summed E-state index contributed by atoms with van der Waals surface area (Å²) in [5, 5.41) is 19.8. The second-order valence-electron chi connectivity index (χ2n) is 3.65. The van der Waals surface area contributed by atoms with Crippen molar-refractivity contribution in [3.63, 3.8) is 0 Å². The molecule has 0 heterocycles. The molecule has 0 aliphatic carbocycles. The maximum Gasteiger partial charge on any atom is 0.269 e. The predicted molar refractivity (Wildman–Crippen MR) is 62.6 cm³/mol. The standard InChI is InChI=1S/C11H16N2O3/c1-3-6-12(2)11-5-4-10(13(15)16)7-9(11)8-14/h4-5,7,14H,3,6,8H2,1-2H3. The number of non-ortho nitro benzene ring substituents is 1. The number of nitro benzene ring substituents is 1. The first-order chi connectivity index (χ1) is 7.60. The largest absolute Gasteiger partial charge is 0.392 e. The molecule has 0 saturated carbocycles. The van der Waals surface area contributed by atoms with Crippen molar-refractivity contribution in [3.8, 4) is 0 Å². The molecule has 0 aliphatic heterocycles. The van der Waals surface area contributed by atoms with Gasteiger partial charge in [-0.25, -0.2) is 0 Å². The third-order valence-electron chi connectivity index (χ3n) is 2.41. The summed E-state index contributed by atoms with van der Waals surface area (Å²) >= 11 is 0. The Bertz CT molecular complexity index is 379. The molecular formula is C11H16N2O3. The lowest BCUT2D eigenvalue weighted by Crippen LogP contribution is -2.19. The minimum Gasteiger partial charge on any atom is -0.392 e. The summed E-state index contributed by atoms with van der Waals surface area (Å²) in [6, 6.07) is 4.56. The predicted octanol–water partition coefficient (Wildman–Crippen LogP) is 1.93. The van der Waals surface area contributed by atoms with Gasteiger partial charge in [-0.1, -0.05) is 6.92 Å². The third kappa shape index (κ3) is 2.70. The van der Waals surface area contributed by atoms with Crippen LogP contribution < -0.4 is 4.90 Å². The lowest BCUT2D eigenvalue weighted by Gasteiger charge is -2.20. The van der Waals surface area contributed by atoms with Gasteiger partial charge in [0, 0.05) is 37.0 Å². The van der Waals surface area contributed by atoms with Gasteiger partial charge >= 0.3 is 0 Å². The van der Waals surface area contributed by atoms with E-state index < -0.39 is 4.92 Å². The zero-order valence-electron chi connectivity index (χ0n) is 9.51. The van der Waals surface area contributed by atoms with Gasteiger partial charge in [0.2, 0.25) is 0 Å². The molecule has 0 amide bonds. The van der Waals surface area contributed by atoms with Crippen LogP contribution in [0.5, 0.6) is 0 Å². The summed E-state index contributed by atoms with van der Waals surface area (Å²) in [4.78, 5) is 12.1. The number of rotatable bonds is 5. The summed E-state index contributed by atoms with van der Waals surface area (Å²) in [7, 11) is 1.91. The second kappa shape index (κ2) is 5.46. The molecule has 0 spiro atoms. The van der Waals surface area contributed by atoms with Crippen LogP contribution in [0.3, 0.4) is 0 Å². The molecule has 0 fully saturated rings. The summed E-state index contributed by atoms with van der Waals surface area (Å²) in [6.45, 7) is 2.72. The van der Waals surface area contributed by atoms with Crippen LogP contribution in [0.1, 0.15) is 18.9 Å². The number of nitrogens with zero attached hydrogens (tertiary/aromatic N) is 2. The van der Waals surface area contributed by atoms with E-state index in [-0.39, 0.29) is 12.3 Å². The monoisotopic (exact) mass is 224 g/mol. The van der Waals surface area contributed by atoms with Crippen LogP contribution in [0, 0.1) is 10.1 Å². The molecule has 0 radical (unpaired) electrons. The van der Waals surface area contributed by atoms with Crippen LogP contribution in [-0.2, 0) is 6.61 Å². The third-order valence-corrected chi connectivity index (χ3v) is 2.41. The summed E-state index contributed by atoms with van der Waals surface area (Å²) in [5.74, 6) is 0. The fraction of sp³-hybridized carbons (Fsp3) is 0.455. The Morgan fingerprint density at radius 2 is 2.19 bits per heavy atom. The molecular weight excluding hydrogens is 208 g/mol. The topological polar surface area (TPSA) is 66.6 Å². The van der Waals surface area contributed by atoms with Crippen molar-refractivity contribution in [3.05, 3.63) is 33.9 Å². The first-order valence-electron chi connectivity index (χ1n) is 5.19.